The molecule has 1 unspecified atom stereocenters. The number of rotatable bonds is 5. The molecule has 1 fully saturated rings. The summed E-state index contributed by atoms with van der Waals surface area (Å²) in [6.45, 7) is 0.355. The monoisotopic (exact) mass is 402 g/mol. The van der Waals surface area contributed by atoms with Crippen LogP contribution in [-0.2, 0) is 16.1 Å². The normalized spacial score (nSPS) is 19.5. The average Bonchev–Trinajstić information content (AvgIpc) is 3.23. The van der Waals surface area contributed by atoms with Crippen molar-refractivity contribution in [1.29, 1.82) is 0 Å². The smallest absolute Gasteiger partial charge is 0.305 e. The molecule has 0 aromatic heterocycles. The second kappa shape index (κ2) is 7.51. The molecular formula is C19H15FN2O5S. The Morgan fingerprint density at radius 2 is 1.96 bits per heavy atom. The molecule has 1 saturated heterocycles. The molecule has 1 N–H and O–H groups in total. The highest BCUT2D eigenvalue weighted by molar-refractivity contribution is 8.15. The topological polar surface area (TPSA) is 88.4 Å². The number of aliphatic imine (C=N–C) groups is 1. The third-order valence-electron chi connectivity index (χ3n) is 4.21. The van der Waals surface area contributed by atoms with Gasteiger partial charge in [-0.05, 0) is 42.0 Å². The van der Waals surface area contributed by atoms with E-state index in [1.165, 1.54) is 29.2 Å². The Labute approximate surface area is 163 Å². The van der Waals surface area contributed by atoms with Gasteiger partial charge >= 0.3 is 5.97 Å². The largest absolute Gasteiger partial charge is 0.481 e. The third-order valence-corrected chi connectivity index (χ3v) is 5.38. The average molecular weight is 402 g/mol. The number of benzene rings is 2. The fraction of sp³-hybridized carbons (Fsp3) is 0.211. The molecule has 0 spiro atoms. The van der Waals surface area contributed by atoms with Crippen molar-refractivity contribution in [1.82, 2.24) is 4.90 Å². The van der Waals surface area contributed by atoms with E-state index in [1.807, 2.05) is 6.07 Å². The summed E-state index contributed by atoms with van der Waals surface area (Å²) in [5.41, 5.74) is 1.27. The number of ether oxygens (including phenoxy) is 2. The van der Waals surface area contributed by atoms with Crippen molar-refractivity contribution in [3.8, 4) is 11.5 Å². The molecule has 4 rings (SSSR count). The number of aliphatic carboxylic acids is 1. The van der Waals surface area contributed by atoms with Crippen LogP contribution in [0.25, 0.3) is 0 Å². The van der Waals surface area contributed by atoms with Crippen molar-refractivity contribution in [3.63, 3.8) is 0 Å². The van der Waals surface area contributed by atoms with Crippen LogP contribution in [0.4, 0.5) is 10.1 Å². The fourth-order valence-corrected chi connectivity index (χ4v) is 4.03. The lowest BCUT2D eigenvalue weighted by Crippen LogP contribution is -2.32. The van der Waals surface area contributed by atoms with Crippen molar-refractivity contribution < 1.29 is 28.6 Å². The van der Waals surface area contributed by atoms with Gasteiger partial charge in [0.2, 0.25) is 12.7 Å². The number of amidine groups is 1. The number of carbonyl (C=O) groups is 2. The molecule has 9 heteroatoms. The number of carboxylic acid groups (broad SMARTS) is 1. The van der Waals surface area contributed by atoms with Gasteiger partial charge in [-0.25, -0.2) is 9.38 Å². The first-order chi connectivity index (χ1) is 13.5. The molecule has 2 aliphatic rings. The van der Waals surface area contributed by atoms with Gasteiger partial charge in [0, 0.05) is 0 Å². The molecule has 7 nitrogen and oxygen atoms in total. The highest BCUT2D eigenvalue weighted by Gasteiger charge is 2.39. The first kappa shape index (κ1) is 18.3. The lowest BCUT2D eigenvalue weighted by molar-refractivity contribution is -0.139. The van der Waals surface area contributed by atoms with Crippen LogP contribution in [0.2, 0.25) is 0 Å². The Kier molecular flexibility index (Phi) is 4.91. The maximum Gasteiger partial charge on any atom is 0.305 e. The van der Waals surface area contributed by atoms with E-state index in [1.54, 1.807) is 12.1 Å². The van der Waals surface area contributed by atoms with E-state index in [0.29, 0.717) is 22.4 Å². The summed E-state index contributed by atoms with van der Waals surface area (Å²) in [7, 11) is 0. The predicted molar refractivity (Wildman–Crippen MR) is 100 cm³/mol. The van der Waals surface area contributed by atoms with Crippen molar-refractivity contribution in [2.24, 2.45) is 4.99 Å². The zero-order valence-electron chi connectivity index (χ0n) is 14.5. The molecule has 2 aliphatic heterocycles. The highest BCUT2D eigenvalue weighted by Crippen LogP contribution is 2.36. The van der Waals surface area contributed by atoms with Gasteiger partial charge in [0.25, 0.3) is 0 Å². The number of hydrogen-bond acceptors (Lipinski definition) is 6. The number of carboxylic acids is 1. The standard InChI is InChI=1S/C19H15FN2O5S/c20-12-2-4-13(5-3-12)21-19-22(18(25)16(28-19)8-17(23)24)9-11-1-6-14-15(7-11)27-10-26-14/h1-7,16H,8-10H2,(H,23,24). The van der Waals surface area contributed by atoms with Gasteiger partial charge in [-0.3, -0.25) is 14.5 Å². The molecule has 2 heterocycles. The zero-order chi connectivity index (χ0) is 19.7. The quantitative estimate of drug-likeness (QED) is 0.827. The van der Waals surface area contributed by atoms with Crippen LogP contribution >= 0.6 is 11.8 Å². The summed E-state index contributed by atoms with van der Waals surface area (Å²) in [5, 5.41) is 8.70. The van der Waals surface area contributed by atoms with Crippen LogP contribution in [0.1, 0.15) is 12.0 Å². The van der Waals surface area contributed by atoms with Crippen LogP contribution in [0.3, 0.4) is 0 Å². The van der Waals surface area contributed by atoms with E-state index in [-0.39, 0.29) is 31.5 Å². The minimum absolute atomic E-state index is 0.148. The molecule has 2 aromatic carbocycles. The van der Waals surface area contributed by atoms with Gasteiger partial charge in [-0.1, -0.05) is 17.8 Å². The van der Waals surface area contributed by atoms with E-state index in [4.69, 9.17) is 14.6 Å². The molecule has 0 saturated carbocycles. The third kappa shape index (κ3) is 3.79. The molecule has 1 atom stereocenters. The van der Waals surface area contributed by atoms with Crippen LogP contribution in [0.5, 0.6) is 11.5 Å². The van der Waals surface area contributed by atoms with E-state index in [2.05, 4.69) is 4.99 Å². The minimum atomic E-state index is -1.06. The fourth-order valence-electron chi connectivity index (χ4n) is 2.88. The summed E-state index contributed by atoms with van der Waals surface area (Å²) in [5.74, 6) is -0.548. The summed E-state index contributed by atoms with van der Waals surface area (Å²) >= 11 is 1.09. The SMILES string of the molecule is O=C(O)CC1SC(=Nc2ccc(F)cc2)N(Cc2ccc3c(c2)OCO3)C1=O. The van der Waals surface area contributed by atoms with Gasteiger partial charge in [0.05, 0.1) is 18.7 Å². The number of halogens is 1. The van der Waals surface area contributed by atoms with Crippen molar-refractivity contribution in [2.45, 2.75) is 18.2 Å². The number of hydrogen-bond donors (Lipinski definition) is 1. The van der Waals surface area contributed by atoms with Gasteiger partial charge in [0.15, 0.2) is 16.7 Å². The molecule has 144 valence electrons. The Hall–Kier alpha value is -3.07. The molecule has 0 bridgehead atoms. The first-order valence-electron chi connectivity index (χ1n) is 8.42. The van der Waals surface area contributed by atoms with E-state index in [9.17, 15) is 14.0 Å². The first-order valence-corrected chi connectivity index (χ1v) is 9.30. The molecule has 28 heavy (non-hydrogen) atoms. The van der Waals surface area contributed by atoms with Crippen molar-refractivity contribution in [3.05, 3.63) is 53.8 Å². The Morgan fingerprint density at radius 3 is 2.71 bits per heavy atom. The maximum atomic E-state index is 13.1. The lowest BCUT2D eigenvalue weighted by Gasteiger charge is -2.17. The molecule has 0 radical (unpaired) electrons. The van der Waals surface area contributed by atoms with Gasteiger partial charge in [-0.15, -0.1) is 0 Å². The molecular weight excluding hydrogens is 387 g/mol. The maximum absolute atomic E-state index is 13.1. The Balaban J connectivity index is 1.63. The summed E-state index contributed by atoms with van der Waals surface area (Å²) in [4.78, 5) is 29.7. The van der Waals surface area contributed by atoms with Crippen molar-refractivity contribution >= 4 is 34.5 Å². The van der Waals surface area contributed by atoms with Gasteiger partial charge in [0.1, 0.15) is 11.1 Å². The number of carbonyl (C=O) groups excluding carboxylic acids is 1. The van der Waals surface area contributed by atoms with Gasteiger partial charge in [-0.2, -0.15) is 0 Å². The van der Waals surface area contributed by atoms with Crippen LogP contribution in [-0.4, -0.2) is 39.1 Å². The second-order valence-corrected chi connectivity index (χ2v) is 7.36. The zero-order valence-corrected chi connectivity index (χ0v) is 15.3. The molecule has 1 amide bonds. The lowest BCUT2D eigenvalue weighted by atomic mass is 10.2. The number of amides is 1. The van der Waals surface area contributed by atoms with Crippen LogP contribution in [0, 0.1) is 5.82 Å². The number of nitrogens with zero attached hydrogens (tertiary/aromatic N) is 2. The van der Waals surface area contributed by atoms with E-state index in [0.717, 1.165) is 17.3 Å². The summed E-state index contributed by atoms with van der Waals surface area (Å²) < 4.78 is 23.8. The molecule has 0 aliphatic carbocycles. The number of fused-ring (bicyclic) bond motifs is 1. The minimum Gasteiger partial charge on any atom is -0.481 e. The second-order valence-electron chi connectivity index (χ2n) is 6.19. The Bertz CT molecular complexity index is 963. The number of thioether (sulfide) groups is 1. The summed E-state index contributed by atoms with van der Waals surface area (Å²) in [6.07, 6.45) is -0.302. The molecule has 2 aromatic rings. The summed E-state index contributed by atoms with van der Waals surface area (Å²) in [6, 6.07) is 10.9. The van der Waals surface area contributed by atoms with E-state index < -0.39 is 11.2 Å². The Morgan fingerprint density at radius 1 is 1.21 bits per heavy atom. The van der Waals surface area contributed by atoms with Crippen molar-refractivity contribution in [2.75, 3.05) is 6.79 Å². The predicted octanol–water partition coefficient (Wildman–Crippen LogP) is 3.16. The van der Waals surface area contributed by atoms with Gasteiger partial charge < -0.3 is 14.6 Å². The van der Waals surface area contributed by atoms with E-state index >= 15 is 0 Å². The highest BCUT2D eigenvalue weighted by atomic mass is 32.2. The van der Waals surface area contributed by atoms with Crippen LogP contribution in [0.15, 0.2) is 47.5 Å². The van der Waals surface area contributed by atoms with Crippen LogP contribution < -0.4 is 9.47 Å².